The van der Waals surface area contributed by atoms with Crippen molar-refractivity contribution in [1.82, 2.24) is 0 Å². The lowest BCUT2D eigenvalue weighted by molar-refractivity contribution is 0.474. The van der Waals surface area contributed by atoms with Crippen molar-refractivity contribution >= 4 is 23.3 Å². The molecule has 0 atom stereocenters. The highest BCUT2D eigenvalue weighted by Crippen LogP contribution is 2.25. The number of aliphatic imine (C=N–C) groups is 2. The zero-order valence-corrected chi connectivity index (χ0v) is 16.9. The van der Waals surface area contributed by atoms with E-state index in [1.807, 2.05) is 84.9 Å². The molecule has 0 unspecified atom stereocenters. The van der Waals surface area contributed by atoms with Gasteiger partial charge in [-0.05, 0) is 54.1 Å². The van der Waals surface area contributed by atoms with Gasteiger partial charge in [0, 0.05) is 23.8 Å². The molecule has 0 aliphatic heterocycles. The van der Waals surface area contributed by atoms with Crippen molar-refractivity contribution in [3.05, 3.63) is 120 Å². The minimum atomic E-state index is 0.147. The van der Waals surface area contributed by atoms with Crippen molar-refractivity contribution in [2.24, 2.45) is 9.98 Å². The van der Waals surface area contributed by atoms with E-state index in [0.29, 0.717) is 17.5 Å². The molecule has 31 heavy (non-hydrogen) atoms. The number of aromatic hydroxyl groups is 2. The largest absolute Gasteiger partial charge is 0.507 e. The van der Waals surface area contributed by atoms with Crippen LogP contribution in [-0.2, 0) is 6.42 Å². The van der Waals surface area contributed by atoms with Gasteiger partial charge in [0.15, 0.2) is 0 Å². The third-order valence-electron chi connectivity index (χ3n) is 4.81. The fourth-order valence-corrected chi connectivity index (χ4v) is 3.23. The van der Waals surface area contributed by atoms with Crippen molar-refractivity contribution in [2.75, 3.05) is 0 Å². The molecule has 0 aliphatic rings. The Morgan fingerprint density at radius 1 is 0.677 bits per heavy atom. The Bertz CT molecular complexity index is 1220. The van der Waals surface area contributed by atoms with Crippen LogP contribution in [0.1, 0.15) is 16.7 Å². The second-order valence-electron chi connectivity index (χ2n) is 7.07. The van der Waals surface area contributed by atoms with Gasteiger partial charge in [0.1, 0.15) is 11.5 Å². The molecule has 0 fully saturated rings. The second-order valence-corrected chi connectivity index (χ2v) is 7.07. The molecule has 0 aromatic heterocycles. The van der Waals surface area contributed by atoms with Crippen molar-refractivity contribution in [3.63, 3.8) is 0 Å². The summed E-state index contributed by atoms with van der Waals surface area (Å²) in [6.07, 6.45) is 2.10. The second kappa shape index (κ2) is 9.55. The monoisotopic (exact) mass is 406 g/mol. The van der Waals surface area contributed by atoms with Gasteiger partial charge in [-0.1, -0.05) is 54.6 Å². The van der Waals surface area contributed by atoms with E-state index in [4.69, 9.17) is 4.99 Å². The van der Waals surface area contributed by atoms with E-state index < -0.39 is 0 Å². The quantitative estimate of drug-likeness (QED) is 0.374. The first kappa shape index (κ1) is 20.1. The standard InChI is InChI=1S/C27H22N2O2/c30-26-14-8-7-13-24(26)25(29-23-11-5-2-6-12-23)17-20-15-16-21(27(31)18-20)19-28-22-9-3-1-4-10-22/h1-16,18-19,30-31H,17H2. The fourth-order valence-electron chi connectivity index (χ4n) is 3.23. The van der Waals surface area contributed by atoms with Crippen molar-refractivity contribution in [2.45, 2.75) is 6.42 Å². The number of rotatable bonds is 6. The lowest BCUT2D eigenvalue weighted by Crippen LogP contribution is -2.06. The van der Waals surface area contributed by atoms with E-state index in [2.05, 4.69) is 4.99 Å². The van der Waals surface area contributed by atoms with Gasteiger partial charge < -0.3 is 10.2 Å². The molecule has 0 heterocycles. The number of hydrogen-bond donors (Lipinski definition) is 2. The highest BCUT2D eigenvalue weighted by Gasteiger charge is 2.11. The third kappa shape index (κ3) is 5.25. The maximum Gasteiger partial charge on any atom is 0.124 e. The molecule has 0 radical (unpaired) electrons. The Balaban J connectivity index is 1.63. The molecule has 0 bridgehead atoms. The first-order valence-corrected chi connectivity index (χ1v) is 10.0. The summed E-state index contributed by atoms with van der Waals surface area (Å²) < 4.78 is 0. The van der Waals surface area contributed by atoms with Crippen LogP contribution in [-0.4, -0.2) is 22.1 Å². The SMILES string of the molecule is Oc1cc(CC(=Nc2ccccc2)c2ccccc2O)ccc1C=Nc1ccccc1. The summed E-state index contributed by atoms with van der Waals surface area (Å²) in [4.78, 5) is 9.16. The maximum absolute atomic E-state index is 10.5. The van der Waals surface area contributed by atoms with E-state index in [0.717, 1.165) is 22.6 Å². The Morgan fingerprint density at radius 3 is 2.00 bits per heavy atom. The van der Waals surface area contributed by atoms with Gasteiger partial charge in [-0.15, -0.1) is 0 Å². The van der Waals surface area contributed by atoms with Gasteiger partial charge in [-0.25, -0.2) is 0 Å². The van der Waals surface area contributed by atoms with Crippen LogP contribution in [0.15, 0.2) is 113 Å². The van der Waals surface area contributed by atoms with Crippen LogP contribution >= 0.6 is 0 Å². The first-order valence-electron chi connectivity index (χ1n) is 10.0. The van der Waals surface area contributed by atoms with Gasteiger partial charge in [0.2, 0.25) is 0 Å². The summed E-state index contributed by atoms with van der Waals surface area (Å²) in [5, 5.41) is 20.9. The Kier molecular flexibility index (Phi) is 6.19. The highest BCUT2D eigenvalue weighted by molar-refractivity contribution is 6.05. The van der Waals surface area contributed by atoms with Crippen LogP contribution in [0.5, 0.6) is 11.5 Å². The predicted molar refractivity (Wildman–Crippen MR) is 126 cm³/mol. The summed E-state index contributed by atoms with van der Waals surface area (Å²) in [5.74, 6) is 0.321. The number of phenols is 2. The highest BCUT2D eigenvalue weighted by atomic mass is 16.3. The molecule has 0 saturated heterocycles. The molecular weight excluding hydrogens is 384 g/mol. The minimum Gasteiger partial charge on any atom is -0.507 e. The van der Waals surface area contributed by atoms with Gasteiger partial charge in [-0.3, -0.25) is 9.98 Å². The lowest BCUT2D eigenvalue weighted by atomic mass is 9.99. The zero-order chi connectivity index (χ0) is 21.5. The molecule has 4 aromatic carbocycles. The molecule has 0 saturated carbocycles. The van der Waals surface area contributed by atoms with Crippen LogP contribution < -0.4 is 0 Å². The van der Waals surface area contributed by atoms with Crippen molar-refractivity contribution < 1.29 is 10.2 Å². The molecule has 4 aromatic rings. The molecular formula is C27H22N2O2. The predicted octanol–water partition coefficient (Wildman–Crippen LogP) is 6.21. The van der Waals surface area contributed by atoms with Gasteiger partial charge in [-0.2, -0.15) is 0 Å². The fraction of sp³-hybridized carbons (Fsp3) is 0.0370. The van der Waals surface area contributed by atoms with E-state index in [1.165, 1.54) is 0 Å². The lowest BCUT2D eigenvalue weighted by Gasteiger charge is -2.10. The van der Waals surface area contributed by atoms with Crippen LogP contribution in [0.25, 0.3) is 0 Å². The summed E-state index contributed by atoms with van der Waals surface area (Å²) in [5.41, 5.74) is 4.53. The summed E-state index contributed by atoms with van der Waals surface area (Å²) in [6.45, 7) is 0. The topological polar surface area (TPSA) is 65.2 Å². The zero-order valence-electron chi connectivity index (χ0n) is 16.9. The van der Waals surface area contributed by atoms with E-state index >= 15 is 0 Å². The van der Waals surface area contributed by atoms with E-state index in [1.54, 1.807) is 24.4 Å². The number of para-hydroxylation sites is 3. The number of phenolic OH excluding ortho intramolecular Hbond substituents is 2. The Hall–Kier alpha value is -4.18. The molecule has 2 N–H and O–H groups in total. The molecule has 0 amide bonds. The molecule has 0 spiro atoms. The molecule has 4 nitrogen and oxygen atoms in total. The third-order valence-corrected chi connectivity index (χ3v) is 4.81. The van der Waals surface area contributed by atoms with Crippen LogP contribution in [0.2, 0.25) is 0 Å². The summed E-state index contributed by atoms with van der Waals surface area (Å²) in [7, 11) is 0. The van der Waals surface area contributed by atoms with E-state index in [-0.39, 0.29) is 11.5 Å². The molecule has 4 heteroatoms. The Morgan fingerprint density at radius 2 is 1.32 bits per heavy atom. The normalized spacial score (nSPS) is 11.7. The smallest absolute Gasteiger partial charge is 0.124 e. The minimum absolute atomic E-state index is 0.147. The molecule has 4 rings (SSSR count). The van der Waals surface area contributed by atoms with Crippen LogP contribution in [0, 0.1) is 0 Å². The van der Waals surface area contributed by atoms with E-state index in [9.17, 15) is 10.2 Å². The maximum atomic E-state index is 10.5. The van der Waals surface area contributed by atoms with Crippen molar-refractivity contribution in [3.8, 4) is 11.5 Å². The van der Waals surface area contributed by atoms with Gasteiger partial charge in [0.25, 0.3) is 0 Å². The first-order chi connectivity index (χ1) is 15.2. The number of hydrogen-bond acceptors (Lipinski definition) is 4. The van der Waals surface area contributed by atoms with Crippen LogP contribution in [0.3, 0.4) is 0 Å². The summed E-state index contributed by atoms with van der Waals surface area (Å²) in [6, 6.07) is 31.8. The van der Waals surface area contributed by atoms with Gasteiger partial charge in [0.05, 0.1) is 17.1 Å². The number of nitrogens with zero attached hydrogens (tertiary/aromatic N) is 2. The molecule has 0 aliphatic carbocycles. The average molecular weight is 406 g/mol. The van der Waals surface area contributed by atoms with Crippen molar-refractivity contribution in [1.29, 1.82) is 0 Å². The van der Waals surface area contributed by atoms with Gasteiger partial charge >= 0.3 is 0 Å². The molecule has 152 valence electrons. The number of benzene rings is 4. The summed E-state index contributed by atoms with van der Waals surface area (Å²) >= 11 is 0. The van der Waals surface area contributed by atoms with Crippen LogP contribution in [0.4, 0.5) is 11.4 Å². The Labute approximate surface area is 181 Å². The average Bonchev–Trinajstić information content (AvgIpc) is 2.80.